The van der Waals surface area contributed by atoms with Crippen LogP contribution in [0, 0.1) is 11.6 Å². The average Bonchev–Trinajstić information content (AvgIpc) is 2.98. The van der Waals surface area contributed by atoms with Crippen LogP contribution in [0.15, 0.2) is 47.4 Å². The van der Waals surface area contributed by atoms with Gasteiger partial charge in [0.15, 0.2) is 5.82 Å². The summed E-state index contributed by atoms with van der Waals surface area (Å²) in [4.78, 5) is 13.2. The number of anilines is 1. The summed E-state index contributed by atoms with van der Waals surface area (Å²) in [6.45, 7) is 0.772. The summed E-state index contributed by atoms with van der Waals surface area (Å²) in [7, 11) is 0. The predicted molar refractivity (Wildman–Crippen MR) is 113 cm³/mol. The molecule has 1 N–H and O–H groups in total. The van der Waals surface area contributed by atoms with Crippen molar-refractivity contribution in [3.05, 3.63) is 59.9 Å². The Morgan fingerprint density at radius 2 is 1.90 bits per heavy atom. The lowest BCUT2D eigenvalue weighted by Gasteiger charge is -2.10. The second kappa shape index (κ2) is 9.38. The van der Waals surface area contributed by atoms with Gasteiger partial charge in [0, 0.05) is 35.7 Å². The number of aryl methyl sites for hydroxylation is 1. The fourth-order valence-corrected chi connectivity index (χ4v) is 4.33. The molecular weight excluding hydrogens is 406 g/mol. The van der Waals surface area contributed by atoms with Gasteiger partial charge in [0.25, 0.3) is 0 Å². The Balaban J connectivity index is 1.41. The number of benzene rings is 2. The van der Waals surface area contributed by atoms with Crippen LogP contribution in [0.4, 0.5) is 14.5 Å². The van der Waals surface area contributed by atoms with E-state index < -0.39 is 0 Å². The summed E-state index contributed by atoms with van der Waals surface area (Å²) in [5, 5.41) is 11.3. The Bertz CT molecular complexity index is 1040. The molecule has 8 heteroatoms. The van der Waals surface area contributed by atoms with Crippen molar-refractivity contribution in [2.45, 2.75) is 43.5 Å². The van der Waals surface area contributed by atoms with E-state index in [4.69, 9.17) is 0 Å². The quantitative estimate of drug-likeness (QED) is 0.557. The van der Waals surface area contributed by atoms with Crippen LogP contribution in [0.2, 0.25) is 0 Å². The van der Waals surface area contributed by atoms with E-state index >= 15 is 0 Å². The number of aromatic nitrogens is 3. The Hall–Kier alpha value is -2.74. The number of hydrogen-bond donors (Lipinski definition) is 1. The van der Waals surface area contributed by atoms with Gasteiger partial charge < -0.3 is 9.88 Å². The van der Waals surface area contributed by atoms with Crippen molar-refractivity contribution in [3.63, 3.8) is 0 Å². The van der Waals surface area contributed by atoms with Gasteiger partial charge in [-0.1, -0.05) is 6.42 Å². The third kappa shape index (κ3) is 4.87. The molecule has 4 rings (SSSR count). The average molecular weight is 429 g/mol. The summed E-state index contributed by atoms with van der Waals surface area (Å²) < 4.78 is 29.5. The molecule has 3 aromatic rings. The van der Waals surface area contributed by atoms with Crippen LogP contribution in [0.1, 0.15) is 31.5 Å². The van der Waals surface area contributed by atoms with Crippen molar-refractivity contribution >= 4 is 23.4 Å². The highest BCUT2D eigenvalue weighted by molar-refractivity contribution is 7.99. The van der Waals surface area contributed by atoms with E-state index in [0.29, 0.717) is 22.8 Å². The van der Waals surface area contributed by atoms with Gasteiger partial charge in [-0.15, -0.1) is 22.0 Å². The minimum atomic E-state index is -0.390. The second-order valence-electron chi connectivity index (χ2n) is 7.20. The molecule has 1 aliphatic heterocycles. The summed E-state index contributed by atoms with van der Waals surface area (Å²) in [5.41, 5.74) is 0.864. The minimum Gasteiger partial charge on any atom is -0.326 e. The van der Waals surface area contributed by atoms with Crippen LogP contribution >= 0.6 is 11.8 Å². The van der Waals surface area contributed by atoms with Gasteiger partial charge in [0.2, 0.25) is 5.91 Å². The van der Waals surface area contributed by atoms with Crippen molar-refractivity contribution in [1.82, 2.24) is 14.8 Å². The van der Waals surface area contributed by atoms with E-state index in [1.165, 1.54) is 30.0 Å². The zero-order chi connectivity index (χ0) is 20.9. The normalized spacial score (nSPS) is 13.5. The van der Waals surface area contributed by atoms with Crippen LogP contribution in [0.3, 0.4) is 0 Å². The van der Waals surface area contributed by atoms with E-state index in [9.17, 15) is 13.6 Å². The molecule has 2 aromatic carbocycles. The smallest absolute Gasteiger partial charge is 0.225 e. The van der Waals surface area contributed by atoms with Gasteiger partial charge in [0.05, 0.1) is 5.56 Å². The molecule has 0 fully saturated rings. The highest BCUT2D eigenvalue weighted by atomic mass is 32.2. The van der Waals surface area contributed by atoms with Gasteiger partial charge >= 0.3 is 0 Å². The van der Waals surface area contributed by atoms with E-state index in [-0.39, 0.29) is 24.0 Å². The maximum Gasteiger partial charge on any atom is 0.225 e. The van der Waals surface area contributed by atoms with Crippen molar-refractivity contribution in [3.8, 4) is 11.4 Å². The first-order valence-electron chi connectivity index (χ1n) is 10.0. The van der Waals surface area contributed by atoms with E-state index in [2.05, 4.69) is 15.5 Å². The van der Waals surface area contributed by atoms with Gasteiger partial charge in [-0.25, -0.2) is 8.78 Å². The lowest BCUT2D eigenvalue weighted by molar-refractivity contribution is -0.115. The molecule has 0 saturated heterocycles. The zero-order valence-corrected chi connectivity index (χ0v) is 17.2. The number of rotatable bonds is 6. The predicted octanol–water partition coefficient (Wildman–Crippen LogP) is 5.07. The molecule has 30 heavy (non-hydrogen) atoms. The van der Waals surface area contributed by atoms with Crippen LogP contribution in [-0.4, -0.2) is 26.4 Å². The first-order chi connectivity index (χ1) is 14.6. The van der Waals surface area contributed by atoms with Crippen LogP contribution in [0.25, 0.3) is 11.4 Å². The molecular formula is C22H22F2N4OS. The molecule has 5 nitrogen and oxygen atoms in total. The van der Waals surface area contributed by atoms with Crippen LogP contribution in [0.5, 0.6) is 0 Å². The Morgan fingerprint density at radius 1 is 1.07 bits per heavy atom. The highest BCUT2D eigenvalue weighted by Gasteiger charge is 2.19. The van der Waals surface area contributed by atoms with Gasteiger partial charge in [-0.3, -0.25) is 4.79 Å². The Kier molecular flexibility index (Phi) is 6.42. The van der Waals surface area contributed by atoms with Gasteiger partial charge in [0.1, 0.15) is 17.5 Å². The molecule has 0 atom stereocenters. The molecule has 2 heterocycles. The number of nitrogens with one attached hydrogen (secondary N) is 1. The van der Waals surface area contributed by atoms with Crippen molar-refractivity contribution in [2.75, 3.05) is 11.1 Å². The number of hydrogen-bond acceptors (Lipinski definition) is 4. The van der Waals surface area contributed by atoms with Gasteiger partial charge in [-0.2, -0.15) is 0 Å². The topological polar surface area (TPSA) is 59.8 Å². The van der Waals surface area contributed by atoms with Crippen molar-refractivity contribution in [2.24, 2.45) is 0 Å². The number of thioether (sulfide) groups is 1. The van der Waals surface area contributed by atoms with Crippen molar-refractivity contribution in [1.29, 1.82) is 0 Å². The highest BCUT2D eigenvalue weighted by Crippen LogP contribution is 2.28. The summed E-state index contributed by atoms with van der Waals surface area (Å²) in [6, 6.07) is 10.7. The second-order valence-corrected chi connectivity index (χ2v) is 8.37. The molecule has 0 bridgehead atoms. The number of carbonyl (C=O) groups excluding carboxylic acids is 1. The molecule has 0 unspecified atom stereocenters. The number of carbonyl (C=O) groups is 1. The molecule has 0 radical (unpaired) electrons. The summed E-state index contributed by atoms with van der Waals surface area (Å²) in [6.07, 6.45) is 4.33. The number of halogens is 2. The zero-order valence-electron chi connectivity index (χ0n) is 16.4. The summed E-state index contributed by atoms with van der Waals surface area (Å²) in [5.74, 6) is 1.11. The molecule has 0 spiro atoms. The van der Waals surface area contributed by atoms with Crippen molar-refractivity contribution < 1.29 is 13.6 Å². The fraction of sp³-hybridized carbons (Fsp3) is 0.318. The lowest BCUT2D eigenvalue weighted by atomic mass is 10.1. The Labute approximate surface area is 177 Å². The van der Waals surface area contributed by atoms with E-state index in [1.54, 1.807) is 24.3 Å². The van der Waals surface area contributed by atoms with E-state index in [1.807, 2.05) is 4.57 Å². The van der Waals surface area contributed by atoms with E-state index in [0.717, 1.165) is 42.9 Å². The number of nitrogens with zero attached hydrogens (tertiary/aromatic N) is 3. The van der Waals surface area contributed by atoms with Gasteiger partial charge in [-0.05, 0) is 55.3 Å². The SMILES string of the molecule is O=C(CCSc1ccc(F)cc1)Nc1ccc(F)c(-c2nnc3n2CCCCC3)c1. The lowest BCUT2D eigenvalue weighted by Crippen LogP contribution is -2.12. The van der Waals surface area contributed by atoms with Crippen LogP contribution in [-0.2, 0) is 17.8 Å². The molecule has 0 saturated carbocycles. The standard InChI is InChI=1S/C22H22F2N4OS/c23-15-5-8-17(9-6-15)30-13-11-21(29)25-16-7-10-19(24)18(14-16)22-27-26-20-4-2-1-3-12-28(20)22/h5-10,14H,1-4,11-13H2,(H,25,29). The number of fused-ring (bicyclic) bond motifs is 1. The number of amides is 1. The Morgan fingerprint density at radius 3 is 2.73 bits per heavy atom. The first-order valence-corrected chi connectivity index (χ1v) is 11.0. The third-order valence-electron chi connectivity index (χ3n) is 5.01. The molecule has 1 aromatic heterocycles. The largest absolute Gasteiger partial charge is 0.326 e. The maximum absolute atomic E-state index is 14.5. The maximum atomic E-state index is 14.5. The first kappa shape index (κ1) is 20.5. The molecule has 1 aliphatic rings. The molecule has 156 valence electrons. The molecule has 1 amide bonds. The minimum absolute atomic E-state index is 0.165. The molecule has 0 aliphatic carbocycles. The van der Waals surface area contributed by atoms with Crippen LogP contribution < -0.4 is 5.32 Å². The fourth-order valence-electron chi connectivity index (χ4n) is 3.47. The third-order valence-corrected chi connectivity index (χ3v) is 6.03. The monoisotopic (exact) mass is 428 g/mol. The summed E-state index contributed by atoms with van der Waals surface area (Å²) >= 11 is 1.48.